The van der Waals surface area contributed by atoms with Crippen molar-refractivity contribution >= 4 is 41.0 Å². The number of amides is 3. The maximum atomic E-state index is 12.1. The maximum Gasteiger partial charge on any atom is 0.319 e. The molecule has 0 bridgehead atoms. The highest BCUT2D eigenvalue weighted by Crippen LogP contribution is 2.21. The van der Waals surface area contributed by atoms with Crippen LogP contribution < -0.4 is 16.0 Å². The predicted octanol–water partition coefficient (Wildman–Crippen LogP) is 4.52. The Balaban J connectivity index is 2.03. The van der Waals surface area contributed by atoms with Gasteiger partial charge in [-0.15, -0.1) is 0 Å². The van der Waals surface area contributed by atoms with Crippen molar-refractivity contribution < 1.29 is 9.59 Å². The van der Waals surface area contributed by atoms with Gasteiger partial charge in [0.2, 0.25) is 5.91 Å². The first kappa shape index (κ1) is 18.5. The predicted molar refractivity (Wildman–Crippen MR) is 103 cm³/mol. The van der Waals surface area contributed by atoms with Crippen molar-refractivity contribution in [2.45, 2.75) is 19.9 Å². The van der Waals surface area contributed by atoms with Gasteiger partial charge in [0.15, 0.2) is 0 Å². The molecule has 5 nitrogen and oxygen atoms in total. The summed E-state index contributed by atoms with van der Waals surface area (Å²) in [6.07, 6.45) is 3.11. The molecule has 0 heterocycles. The standard InChI is InChI=1S/C19H20ClN3O2/c1-13(2)21-19(25)23-17-6-4-3-5-16(17)22-18(24)12-9-14-7-10-15(20)11-8-14/h3-13H,1-2H3,(H,22,24)(H2,21,23,25)/b12-9+. The molecular formula is C19H20ClN3O2. The molecule has 0 radical (unpaired) electrons. The van der Waals surface area contributed by atoms with Crippen molar-refractivity contribution in [3.05, 3.63) is 65.2 Å². The summed E-state index contributed by atoms with van der Waals surface area (Å²) in [5.74, 6) is -0.298. The third-order valence-electron chi connectivity index (χ3n) is 3.15. The van der Waals surface area contributed by atoms with Gasteiger partial charge >= 0.3 is 6.03 Å². The minimum Gasteiger partial charge on any atom is -0.336 e. The van der Waals surface area contributed by atoms with Crippen molar-refractivity contribution in [1.29, 1.82) is 0 Å². The number of nitrogens with one attached hydrogen (secondary N) is 3. The first-order valence-electron chi connectivity index (χ1n) is 7.85. The average Bonchev–Trinajstić information content (AvgIpc) is 2.55. The molecule has 25 heavy (non-hydrogen) atoms. The molecule has 0 fully saturated rings. The minimum atomic E-state index is -0.326. The van der Waals surface area contributed by atoms with Gasteiger partial charge < -0.3 is 16.0 Å². The van der Waals surface area contributed by atoms with Crippen LogP contribution in [0.5, 0.6) is 0 Å². The molecule has 0 aliphatic carbocycles. The zero-order chi connectivity index (χ0) is 18.2. The van der Waals surface area contributed by atoms with E-state index in [-0.39, 0.29) is 18.0 Å². The van der Waals surface area contributed by atoms with Crippen molar-refractivity contribution in [1.82, 2.24) is 5.32 Å². The fourth-order valence-electron chi connectivity index (χ4n) is 2.04. The summed E-state index contributed by atoms with van der Waals surface area (Å²) < 4.78 is 0. The summed E-state index contributed by atoms with van der Waals surface area (Å²) in [4.78, 5) is 24.0. The molecule has 0 aliphatic rings. The van der Waals surface area contributed by atoms with Gasteiger partial charge in [-0.05, 0) is 49.8 Å². The van der Waals surface area contributed by atoms with Gasteiger partial charge in [0.1, 0.15) is 0 Å². The Morgan fingerprint density at radius 3 is 2.16 bits per heavy atom. The van der Waals surface area contributed by atoms with Gasteiger partial charge in [0.05, 0.1) is 11.4 Å². The van der Waals surface area contributed by atoms with Crippen LogP contribution in [-0.4, -0.2) is 18.0 Å². The molecule has 6 heteroatoms. The molecule has 0 saturated heterocycles. The second-order valence-electron chi connectivity index (χ2n) is 5.67. The highest BCUT2D eigenvalue weighted by molar-refractivity contribution is 6.30. The fraction of sp³-hybridized carbons (Fsp3) is 0.158. The number of hydrogen-bond donors (Lipinski definition) is 3. The maximum absolute atomic E-state index is 12.1. The molecule has 0 saturated carbocycles. The lowest BCUT2D eigenvalue weighted by Crippen LogP contribution is -2.34. The van der Waals surface area contributed by atoms with E-state index in [1.807, 2.05) is 26.0 Å². The Morgan fingerprint density at radius 2 is 1.56 bits per heavy atom. The van der Waals surface area contributed by atoms with Crippen molar-refractivity contribution in [3.63, 3.8) is 0 Å². The Labute approximate surface area is 152 Å². The van der Waals surface area contributed by atoms with Crippen LogP contribution in [0.1, 0.15) is 19.4 Å². The lowest BCUT2D eigenvalue weighted by atomic mass is 10.2. The van der Waals surface area contributed by atoms with E-state index in [0.717, 1.165) is 5.56 Å². The first-order chi connectivity index (χ1) is 11.9. The zero-order valence-corrected chi connectivity index (χ0v) is 14.8. The number of rotatable bonds is 5. The second kappa shape index (κ2) is 8.89. The molecule has 0 aliphatic heterocycles. The quantitative estimate of drug-likeness (QED) is 0.688. The van der Waals surface area contributed by atoms with E-state index in [4.69, 9.17) is 11.6 Å². The smallest absolute Gasteiger partial charge is 0.319 e. The summed E-state index contributed by atoms with van der Waals surface area (Å²) in [5, 5.41) is 8.86. The number of benzene rings is 2. The lowest BCUT2D eigenvalue weighted by molar-refractivity contribution is -0.111. The van der Waals surface area contributed by atoms with E-state index in [0.29, 0.717) is 16.4 Å². The van der Waals surface area contributed by atoms with E-state index in [9.17, 15) is 9.59 Å². The number of urea groups is 1. The van der Waals surface area contributed by atoms with Crippen LogP contribution in [0.4, 0.5) is 16.2 Å². The first-order valence-corrected chi connectivity index (χ1v) is 8.23. The molecule has 0 spiro atoms. The van der Waals surface area contributed by atoms with Crippen LogP contribution in [0, 0.1) is 0 Å². The van der Waals surface area contributed by atoms with Crippen molar-refractivity contribution in [3.8, 4) is 0 Å². The highest BCUT2D eigenvalue weighted by atomic mass is 35.5. The van der Waals surface area contributed by atoms with E-state index in [1.165, 1.54) is 6.08 Å². The topological polar surface area (TPSA) is 70.2 Å². The van der Waals surface area contributed by atoms with Crippen LogP contribution in [0.3, 0.4) is 0 Å². The second-order valence-corrected chi connectivity index (χ2v) is 6.11. The Kier molecular flexibility index (Phi) is 6.60. The zero-order valence-electron chi connectivity index (χ0n) is 14.0. The SMILES string of the molecule is CC(C)NC(=O)Nc1ccccc1NC(=O)/C=C/c1ccc(Cl)cc1. The van der Waals surface area contributed by atoms with E-state index < -0.39 is 0 Å². The van der Waals surface area contributed by atoms with E-state index >= 15 is 0 Å². The van der Waals surface area contributed by atoms with Gasteiger partial charge in [0, 0.05) is 17.1 Å². The Bertz CT molecular complexity index is 770. The lowest BCUT2D eigenvalue weighted by Gasteiger charge is -2.13. The van der Waals surface area contributed by atoms with Crippen LogP contribution in [0.2, 0.25) is 5.02 Å². The van der Waals surface area contributed by atoms with Crippen LogP contribution in [0.15, 0.2) is 54.6 Å². The molecule has 2 rings (SSSR count). The fourth-order valence-corrected chi connectivity index (χ4v) is 2.17. The molecule has 3 N–H and O–H groups in total. The van der Waals surface area contributed by atoms with Crippen LogP contribution >= 0.6 is 11.6 Å². The van der Waals surface area contributed by atoms with Gasteiger partial charge in [0.25, 0.3) is 0 Å². The van der Waals surface area contributed by atoms with Gasteiger partial charge in [-0.1, -0.05) is 35.9 Å². The monoisotopic (exact) mass is 357 g/mol. The van der Waals surface area contributed by atoms with Gasteiger partial charge in [-0.2, -0.15) is 0 Å². The number of carbonyl (C=O) groups is 2. The minimum absolute atomic E-state index is 0.0177. The summed E-state index contributed by atoms with van der Waals surface area (Å²) >= 11 is 5.83. The van der Waals surface area contributed by atoms with Gasteiger partial charge in [-0.3, -0.25) is 4.79 Å². The number of carbonyl (C=O) groups excluding carboxylic acids is 2. The van der Waals surface area contributed by atoms with Gasteiger partial charge in [-0.25, -0.2) is 4.79 Å². The molecule has 130 valence electrons. The largest absolute Gasteiger partial charge is 0.336 e. The highest BCUT2D eigenvalue weighted by Gasteiger charge is 2.08. The summed E-state index contributed by atoms with van der Waals surface area (Å²) in [7, 11) is 0. The number of hydrogen-bond acceptors (Lipinski definition) is 2. The van der Waals surface area contributed by atoms with Crippen LogP contribution in [-0.2, 0) is 4.79 Å². The Hall–Kier alpha value is -2.79. The van der Waals surface area contributed by atoms with Crippen LogP contribution in [0.25, 0.3) is 6.08 Å². The molecule has 0 unspecified atom stereocenters. The summed E-state index contributed by atoms with van der Waals surface area (Å²) in [6, 6.07) is 13.8. The normalized spacial score (nSPS) is 10.7. The summed E-state index contributed by atoms with van der Waals surface area (Å²) in [6.45, 7) is 3.74. The van der Waals surface area contributed by atoms with Crippen molar-refractivity contribution in [2.24, 2.45) is 0 Å². The molecule has 0 atom stereocenters. The molecule has 0 aromatic heterocycles. The third kappa shape index (κ3) is 6.31. The summed E-state index contributed by atoms with van der Waals surface area (Å²) in [5.41, 5.74) is 1.91. The van der Waals surface area contributed by atoms with E-state index in [1.54, 1.807) is 42.5 Å². The molecule has 2 aromatic rings. The third-order valence-corrected chi connectivity index (χ3v) is 3.40. The Morgan fingerprint density at radius 1 is 0.960 bits per heavy atom. The molecular weight excluding hydrogens is 338 g/mol. The number of halogens is 1. The van der Waals surface area contributed by atoms with E-state index in [2.05, 4.69) is 16.0 Å². The molecule has 3 amide bonds. The molecule has 2 aromatic carbocycles. The van der Waals surface area contributed by atoms with Crippen molar-refractivity contribution in [2.75, 3.05) is 10.6 Å². The number of para-hydroxylation sites is 2. The average molecular weight is 358 g/mol. The number of anilines is 2.